The van der Waals surface area contributed by atoms with Crippen LogP contribution in [0.4, 0.5) is 0 Å². The Bertz CT molecular complexity index is 3740. The van der Waals surface area contributed by atoms with Crippen LogP contribution in [-0.2, 0) is 5.41 Å². The van der Waals surface area contributed by atoms with Crippen LogP contribution in [0.15, 0.2) is 255 Å². The van der Waals surface area contributed by atoms with E-state index < -0.39 is 5.41 Å². The molecule has 0 atom stereocenters. The largest absolute Gasteiger partial charge is 0.228 e. The fourth-order valence-corrected chi connectivity index (χ4v) is 11.0. The summed E-state index contributed by atoms with van der Waals surface area (Å²) in [7, 11) is 0. The van der Waals surface area contributed by atoms with Crippen LogP contribution in [0.25, 0.3) is 99.6 Å². The Kier molecular flexibility index (Phi) is 9.11. The lowest BCUT2D eigenvalue weighted by molar-refractivity contribution is 0.768. The molecule has 0 bridgehead atoms. The second-order valence-corrected chi connectivity index (χ2v) is 17.6. The van der Waals surface area contributed by atoms with Gasteiger partial charge >= 0.3 is 0 Å². The molecule has 2 nitrogen and oxygen atoms in total. The Balaban J connectivity index is 0.977. The molecule has 0 spiro atoms. The summed E-state index contributed by atoms with van der Waals surface area (Å²) in [5.74, 6) is 0.710. The van der Waals surface area contributed by atoms with Crippen molar-refractivity contribution in [1.82, 2.24) is 9.97 Å². The maximum Gasteiger partial charge on any atom is 0.160 e. The van der Waals surface area contributed by atoms with Gasteiger partial charge in [0, 0.05) is 16.7 Å². The summed E-state index contributed by atoms with van der Waals surface area (Å²) >= 11 is 0. The minimum atomic E-state index is -0.440. The average Bonchev–Trinajstić information content (AvgIpc) is 3.72. The highest BCUT2D eigenvalue weighted by atomic mass is 14.9. The van der Waals surface area contributed by atoms with Gasteiger partial charge in [0.05, 0.1) is 16.8 Å². The molecule has 2 heteroatoms. The number of fused-ring (bicyclic) bond motifs is 9. The van der Waals surface area contributed by atoms with Gasteiger partial charge in [0.25, 0.3) is 0 Å². The Morgan fingerprint density at radius 3 is 1.48 bits per heavy atom. The fraction of sp³-hybridized carbons (Fsp3) is 0.0154. The molecule has 1 aliphatic carbocycles. The summed E-state index contributed by atoms with van der Waals surface area (Å²) in [6, 6.07) is 92.6. The molecule has 0 radical (unpaired) electrons. The molecule has 0 N–H and O–H groups in total. The van der Waals surface area contributed by atoms with Gasteiger partial charge in [0.15, 0.2) is 5.82 Å². The highest BCUT2D eigenvalue weighted by Crippen LogP contribution is 2.57. The van der Waals surface area contributed by atoms with Crippen molar-refractivity contribution in [3.8, 4) is 67.3 Å². The first-order valence-corrected chi connectivity index (χ1v) is 23.1. The maximum atomic E-state index is 5.16. The zero-order valence-electron chi connectivity index (χ0n) is 36.6. The molecular weight excluding hydrogens is 809 g/mol. The number of aromatic nitrogens is 2. The maximum absolute atomic E-state index is 5.16. The zero-order chi connectivity index (χ0) is 44.3. The number of hydrogen-bond acceptors (Lipinski definition) is 2. The predicted molar refractivity (Wildman–Crippen MR) is 279 cm³/mol. The quantitative estimate of drug-likeness (QED) is 0.149. The highest BCUT2D eigenvalue weighted by Gasteiger charge is 2.46. The molecule has 0 saturated heterocycles. The summed E-state index contributed by atoms with van der Waals surface area (Å²) in [5.41, 5.74) is 16.9. The van der Waals surface area contributed by atoms with Crippen LogP contribution in [0.3, 0.4) is 0 Å². The summed E-state index contributed by atoms with van der Waals surface area (Å²) < 4.78 is 0. The van der Waals surface area contributed by atoms with E-state index in [2.05, 4.69) is 231 Å². The van der Waals surface area contributed by atoms with Crippen molar-refractivity contribution >= 4 is 32.3 Å². The van der Waals surface area contributed by atoms with Gasteiger partial charge in [-0.15, -0.1) is 0 Å². The Morgan fingerprint density at radius 1 is 0.254 bits per heavy atom. The molecular formula is C65H42N2. The third kappa shape index (κ3) is 6.26. The van der Waals surface area contributed by atoms with Crippen LogP contribution in [-0.4, -0.2) is 9.97 Å². The van der Waals surface area contributed by atoms with Gasteiger partial charge in [0.1, 0.15) is 0 Å². The van der Waals surface area contributed by atoms with Gasteiger partial charge < -0.3 is 0 Å². The minimum Gasteiger partial charge on any atom is -0.228 e. The molecule has 1 aromatic heterocycles. The second-order valence-electron chi connectivity index (χ2n) is 17.6. The number of nitrogens with zero attached hydrogens (tertiary/aromatic N) is 2. The molecule has 0 aliphatic heterocycles. The van der Waals surface area contributed by atoms with Crippen LogP contribution in [0.2, 0.25) is 0 Å². The summed E-state index contributed by atoms with van der Waals surface area (Å²) in [5, 5.41) is 7.49. The van der Waals surface area contributed by atoms with Crippen molar-refractivity contribution in [2.75, 3.05) is 0 Å². The van der Waals surface area contributed by atoms with Gasteiger partial charge in [-0.1, -0.05) is 231 Å². The van der Waals surface area contributed by atoms with Crippen LogP contribution in [0.1, 0.15) is 22.3 Å². The number of benzene rings is 11. The highest BCUT2D eigenvalue weighted by molar-refractivity contribution is 6.29. The molecule has 67 heavy (non-hydrogen) atoms. The van der Waals surface area contributed by atoms with E-state index in [9.17, 15) is 0 Å². The van der Waals surface area contributed by atoms with Crippen molar-refractivity contribution < 1.29 is 0 Å². The number of hydrogen-bond donors (Lipinski definition) is 0. The lowest BCUT2D eigenvalue weighted by Crippen LogP contribution is -2.28. The lowest BCUT2D eigenvalue weighted by atomic mass is 9.67. The molecule has 12 aromatic rings. The topological polar surface area (TPSA) is 25.8 Å². The third-order valence-corrected chi connectivity index (χ3v) is 13.9. The predicted octanol–water partition coefficient (Wildman–Crippen LogP) is 16.6. The van der Waals surface area contributed by atoms with E-state index >= 15 is 0 Å². The van der Waals surface area contributed by atoms with E-state index in [4.69, 9.17) is 9.97 Å². The lowest BCUT2D eigenvalue weighted by Gasteiger charge is -2.33. The molecule has 11 aromatic carbocycles. The van der Waals surface area contributed by atoms with E-state index in [1.54, 1.807) is 0 Å². The van der Waals surface area contributed by atoms with Gasteiger partial charge in [0.2, 0.25) is 0 Å². The first-order valence-electron chi connectivity index (χ1n) is 23.1. The molecule has 1 aliphatic rings. The molecule has 0 unspecified atom stereocenters. The molecule has 0 fully saturated rings. The SMILES string of the molecule is c1ccc(-c2cc(-c3cccc(-c4ccc5c(c4)c4ccccc4c4cccc(-c6ccc7c(c6)-c6ccccc6C7(c6ccccc6)c6ccccc6)c45)c3)nc(-c3ccccc3)n2)cc1. The Morgan fingerprint density at radius 2 is 0.746 bits per heavy atom. The van der Waals surface area contributed by atoms with Gasteiger partial charge in [-0.05, 0) is 112 Å². The van der Waals surface area contributed by atoms with Gasteiger partial charge in [-0.25, -0.2) is 9.97 Å². The van der Waals surface area contributed by atoms with E-state index in [1.165, 1.54) is 76.8 Å². The normalized spacial score (nSPS) is 12.6. The van der Waals surface area contributed by atoms with E-state index in [1.807, 2.05) is 24.3 Å². The summed E-state index contributed by atoms with van der Waals surface area (Å²) in [6.45, 7) is 0. The van der Waals surface area contributed by atoms with Crippen LogP contribution >= 0.6 is 0 Å². The molecule has 0 saturated carbocycles. The Hall–Kier alpha value is -8.72. The van der Waals surface area contributed by atoms with Crippen LogP contribution < -0.4 is 0 Å². The van der Waals surface area contributed by atoms with Crippen molar-refractivity contribution in [3.63, 3.8) is 0 Å². The summed E-state index contributed by atoms with van der Waals surface area (Å²) in [6.07, 6.45) is 0. The fourth-order valence-electron chi connectivity index (χ4n) is 11.0. The standard InChI is InChI=1S/C65H42N2/c1-5-19-43(20-6-1)61-42-62(67-64(66-61)44-21-7-2-8-22-44)48-24-17-23-45(39-48)46-35-37-56-57(40-46)53-30-14-13-29-52(53)55-33-18-32-51(63(55)56)47-36-38-60-58(41-47)54-31-15-16-34-59(54)65(60,49-25-9-3-10-26-49)50-27-11-4-12-28-50/h1-42H. The van der Waals surface area contributed by atoms with E-state index in [0.29, 0.717) is 5.82 Å². The smallest absolute Gasteiger partial charge is 0.160 e. The third-order valence-electron chi connectivity index (χ3n) is 13.9. The van der Waals surface area contributed by atoms with E-state index in [-0.39, 0.29) is 0 Å². The molecule has 1 heterocycles. The van der Waals surface area contributed by atoms with Crippen molar-refractivity contribution in [1.29, 1.82) is 0 Å². The van der Waals surface area contributed by atoms with Crippen molar-refractivity contribution in [2.24, 2.45) is 0 Å². The molecule has 13 rings (SSSR count). The zero-order valence-corrected chi connectivity index (χ0v) is 36.6. The van der Waals surface area contributed by atoms with E-state index in [0.717, 1.165) is 39.2 Å². The molecule has 0 amide bonds. The number of rotatable bonds is 7. The van der Waals surface area contributed by atoms with Gasteiger partial charge in [-0.2, -0.15) is 0 Å². The van der Waals surface area contributed by atoms with Crippen molar-refractivity contribution in [3.05, 3.63) is 277 Å². The van der Waals surface area contributed by atoms with Crippen LogP contribution in [0, 0.1) is 0 Å². The first-order chi connectivity index (χ1) is 33.2. The first kappa shape index (κ1) is 38.7. The second kappa shape index (κ2) is 15.8. The van der Waals surface area contributed by atoms with Gasteiger partial charge in [-0.3, -0.25) is 0 Å². The van der Waals surface area contributed by atoms with Crippen LogP contribution in [0.5, 0.6) is 0 Å². The Labute approximate surface area is 390 Å². The average molecular weight is 851 g/mol. The monoisotopic (exact) mass is 850 g/mol. The molecule has 312 valence electrons. The minimum absolute atomic E-state index is 0.440. The summed E-state index contributed by atoms with van der Waals surface area (Å²) in [4.78, 5) is 10.2. The van der Waals surface area contributed by atoms with Crippen molar-refractivity contribution in [2.45, 2.75) is 5.41 Å².